The number of amides is 1. The Labute approximate surface area is 119 Å². The molecule has 1 unspecified atom stereocenters. The maximum absolute atomic E-state index is 12.4. The summed E-state index contributed by atoms with van der Waals surface area (Å²) in [6.45, 7) is 3.31. The smallest absolute Gasteiger partial charge is 0.396 e. The second-order valence-electron chi connectivity index (χ2n) is 4.95. The topological polar surface area (TPSA) is 82.2 Å². The van der Waals surface area contributed by atoms with E-state index in [1.54, 1.807) is 18.8 Å². The molecule has 0 saturated heterocycles. The summed E-state index contributed by atoms with van der Waals surface area (Å²) in [5.74, 6) is -0.775. The minimum absolute atomic E-state index is 0.159. The van der Waals surface area contributed by atoms with Crippen LogP contribution in [0, 0.1) is 0 Å². The van der Waals surface area contributed by atoms with Gasteiger partial charge in [0.2, 0.25) is 0 Å². The Bertz CT molecular complexity index is 569. The highest BCUT2D eigenvalue weighted by Gasteiger charge is 2.33. The van der Waals surface area contributed by atoms with Crippen LogP contribution in [0.4, 0.5) is 13.2 Å². The van der Waals surface area contributed by atoms with Gasteiger partial charge in [0.25, 0.3) is 11.5 Å². The fourth-order valence-electron chi connectivity index (χ4n) is 1.73. The molecule has 0 spiro atoms. The van der Waals surface area contributed by atoms with E-state index in [4.69, 9.17) is 5.11 Å². The van der Waals surface area contributed by atoms with Gasteiger partial charge in [0.15, 0.2) is 0 Å². The molecule has 1 aromatic rings. The zero-order valence-corrected chi connectivity index (χ0v) is 11.7. The van der Waals surface area contributed by atoms with Crippen molar-refractivity contribution in [3.05, 3.63) is 33.7 Å². The molecule has 5 nitrogen and oxygen atoms in total. The first-order chi connectivity index (χ1) is 9.63. The number of aliphatic hydroxyl groups excluding tert-OH is 1. The molecule has 0 aliphatic carbocycles. The van der Waals surface area contributed by atoms with Gasteiger partial charge >= 0.3 is 6.18 Å². The van der Waals surface area contributed by atoms with Gasteiger partial charge in [-0.3, -0.25) is 9.59 Å². The predicted molar refractivity (Wildman–Crippen MR) is 69.9 cm³/mol. The molecule has 21 heavy (non-hydrogen) atoms. The molecule has 0 fully saturated rings. The third-order valence-corrected chi connectivity index (χ3v) is 3.32. The molecule has 3 N–H and O–H groups in total. The molecule has 0 aliphatic rings. The number of H-pyrrole nitrogens is 1. The van der Waals surface area contributed by atoms with E-state index < -0.39 is 34.4 Å². The van der Waals surface area contributed by atoms with Gasteiger partial charge in [0, 0.05) is 12.1 Å². The number of pyridine rings is 1. The summed E-state index contributed by atoms with van der Waals surface area (Å²) in [6, 6.07) is 1.48. The van der Waals surface area contributed by atoms with Crippen LogP contribution in [0.5, 0.6) is 0 Å². The first-order valence-electron chi connectivity index (χ1n) is 6.37. The number of alkyl halides is 3. The van der Waals surface area contributed by atoms with E-state index in [0.29, 0.717) is 12.5 Å². The molecule has 1 rings (SSSR count). The Hall–Kier alpha value is -1.83. The Morgan fingerprint density at radius 2 is 2.00 bits per heavy atom. The van der Waals surface area contributed by atoms with Crippen LogP contribution >= 0.6 is 0 Å². The lowest BCUT2D eigenvalue weighted by Gasteiger charge is -2.28. The van der Waals surface area contributed by atoms with Gasteiger partial charge in [-0.25, -0.2) is 0 Å². The van der Waals surface area contributed by atoms with E-state index in [1.807, 2.05) is 0 Å². The fraction of sp³-hybridized carbons (Fsp3) is 0.538. The molecular formula is C13H17F3N2O3. The van der Waals surface area contributed by atoms with Crippen molar-refractivity contribution in [2.24, 2.45) is 0 Å². The average molecular weight is 306 g/mol. The molecule has 1 aromatic heterocycles. The number of aromatic nitrogens is 1. The van der Waals surface area contributed by atoms with Crippen LogP contribution < -0.4 is 10.9 Å². The quantitative estimate of drug-likeness (QED) is 0.774. The molecule has 0 radical (unpaired) electrons. The lowest BCUT2D eigenvalue weighted by Crippen LogP contribution is -2.47. The van der Waals surface area contributed by atoms with Gasteiger partial charge in [-0.2, -0.15) is 13.2 Å². The first-order valence-corrected chi connectivity index (χ1v) is 6.37. The molecule has 1 atom stereocenters. The number of hydrogen-bond acceptors (Lipinski definition) is 3. The molecule has 8 heteroatoms. The zero-order chi connectivity index (χ0) is 16.3. The van der Waals surface area contributed by atoms with Crippen LogP contribution in [-0.4, -0.2) is 28.1 Å². The van der Waals surface area contributed by atoms with E-state index in [2.05, 4.69) is 5.32 Å². The van der Waals surface area contributed by atoms with Crippen molar-refractivity contribution in [1.82, 2.24) is 10.3 Å². The molecular weight excluding hydrogens is 289 g/mol. The van der Waals surface area contributed by atoms with Gasteiger partial charge in [0.1, 0.15) is 11.3 Å². The van der Waals surface area contributed by atoms with Crippen LogP contribution in [0.3, 0.4) is 0 Å². The summed E-state index contributed by atoms with van der Waals surface area (Å²) in [7, 11) is 0. The number of aliphatic hydroxyl groups is 1. The van der Waals surface area contributed by atoms with E-state index in [9.17, 15) is 22.8 Å². The van der Waals surface area contributed by atoms with Crippen molar-refractivity contribution in [3.8, 4) is 0 Å². The second-order valence-corrected chi connectivity index (χ2v) is 4.95. The number of rotatable bonds is 5. The number of aromatic amines is 1. The summed E-state index contributed by atoms with van der Waals surface area (Å²) in [5, 5.41) is 11.5. The largest absolute Gasteiger partial charge is 0.431 e. The van der Waals surface area contributed by atoms with E-state index >= 15 is 0 Å². The van der Waals surface area contributed by atoms with Crippen LogP contribution in [0.25, 0.3) is 0 Å². The highest BCUT2D eigenvalue weighted by atomic mass is 19.4. The van der Waals surface area contributed by atoms with Crippen LogP contribution in [-0.2, 0) is 6.18 Å². The first kappa shape index (κ1) is 17.2. The summed E-state index contributed by atoms with van der Waals surface area (Å²) >= 11 is 0. The summed E-state index contributed by atoms with van der Waals surface area (Å²) in [4.78, 5) is 25.2. The SMILES string of the molecule is CCC(C)(CCO)NC(=O)c1ccc(C(F)(F)F)[nH]c1=O. The Kier molecular flexibility index (Phi) is 5.16. The van der Waals surface area contributed by atoms with Gasteiger partial charge in [-0.1, -0.05) is 6.92 Å². The maximum Gasteiger partial charge on any atom is 0.431 e. The van der Waals surface area contributed by atoms with Crippen LogP contribution in [0.15, 0.2) is 16.9 Å². The van der Waals surface area contributed by atoms with Crippen molar-refractivity contribution in [2.45, 2.75) is 38.4 Å². The molecule has 0 aliphatic heterocycles. The summed E-state index contributed by atoms with van der Waals surface area (Å²) < 4.78 is 37.3. The van der Waals surface area contributed by atoms with Crippen molar-refractivity contribution in [2.75, 3.05) is 6.61 Å². The summed E-state index contributed by atoms with van der Waals surface area (Å²) in [6.07, 6.45) is -3.91. The fourth-order valence-corrected chi connectivity index (χ4v) is 1.73. The predicted octanol–water partition coefficient (Wildman–Crippen LogP) is 1.67. The van der Waals surface area contributed by atoms with Gasteiger partial charge in [-0.15, -0.1) is 0 Å². The van der Waals surface area contributed by atoms with Gasteiger partial charge in [0.05, 0.1) is 0 Å². The maximum atomic E-state index is 12.4. The van der Waals surface area contributed by atoms with E-state index in [1.165, 1.54) is 0 Å². The van der Waals surface area contributed by atoms with Crippen LogP contribution in [0.2, 0.25) is 0 Å². The van der Waals surface area contributed by atoms with Crippen molar-refractivity contribution >= 4 is 5.91 Å². The monoisotopic (exact) mass is 306 g/mol. The Morgan fingerprint density at radius 3 is 2.43 bits per heavy atom. The normalized spacial score (nSPS) is 14.6. The number of carbonyl (C=O) groups is 1. The standard InChI is InChI=1S/C13H17F3N2O3/c1-3-12(2,6-7-19)18-11(21)8-4-5-9(13(14,15)16)17-10(8)20/h4-5,19H,3,6-7H2,1-2H3,(H,17,20)(H,18,21). The molecule has 0 saturated carbocycles. The van der Waals surface area contributed by atoms with Gasteiger partial charge < -0.3 is 15.4 Å². The molecule has 1 heterocycles. The highest BCUT2D eigenvalue weighted by Crippen LogP contribution is 2.26. The lowest BCUT2D eigenvalue weighted by atomic mass is 9.94. The second kappa shape index (κ2) is 6.30. The van der Waals surface area contributed by atoms with E-state index in [0.717, 1.165) is 6.07 Å². The van der Waals surface area contributed by atoms with Crippen LogP contribution in [0.1, 0.15) is 42.7 Å². The van der Waals surface area contributed by atoms with Crippen molar-refractivity contribution < 1.29 is 23.1 Å². The highest BCUT2D eigenvalue weighted by molar-refractivity contribution is 5.94. The Balaban J connectivity index is 3.02. The number of carbonyl (C=O) groups excluding carboxylic acids is 1. The molecule has 0 aromatic carbocycles. The zero-order valence-electron chi connectivity index (χ0n) is 11.7. The average Bonchev–Trinajstić information content (AvgIpc) is 2.37. The van der Waals surface area contributed by atoms with Gasteiger partial charge in [-0.05, 0) is 31.9 Å². The minimum atomic E-state index is -4.68. The molecule has 1 amide bonds. The Morgan fingerprint density at radius 1 is 1.38 bits per heavy atom. The van der Waals surface area contributed by atoms with Crippen molar-refractivity contribution in [1.29, 1.82) is 0 Å². The third kappa shape index (κ3) is 4.32. The molecule has 0 bridgehead atoms. The lowest BCUT2D eigenvalue weighted by molar-refractivity contribution is -0.141. The van der Waals surface area contributed by atoms with Crippen molar-refractivity contribution in [3.63, 3.8) is 0 Å². The number of halogens is 3. The third-order valence-electron chi connectivity index (χ3n) is 3.32. The minimum Gasteiger partial charge on any atom is -0.396 e. The number of hydrogen-bond donors (Lipinski definition) is 3. The van der Waals surface area contributed by atoms with E-state index in [-0.39, 0.29) is 13.0 Å². The number of nitrogens with one attached hydrogen (secondary N) is 2. The summed E-state index contributed by atoms with van der Waals surface area (Å²) in [5.41, 5.74) is -3.45. The molecule has 118 valence electrons.